The van der Waals surface area contributed by atoms with Gasteiger partial charge in [-0.25, -0.2) is 0 Å². The highest BCUT2D eigenvalue weighted by molar-refractivity contribution is 6.01. The van der Waals surface area contributed by atoms with Crippen molar-refractivity contribution in [2.45, 2.75) is 6.42 Å². The van der Waals surface area contributed by atoms with Crippen molar-refractivity contribution in [1.82, 2.24) is 4.98 Å². The van der Waals surface area contributed by atoms with Gasteiger partial charge in [-0.1, -0.05) is 48.5 Å². The Hall–Kier alpha value is -2.94. The van der Waals surface area contributed by atoms with Crippen LogP contribution in [0.3, 0.4) is 0 Å². The summed E-state index contributed by atoms with van der Waals surface area (Å²) in [5, 5.41) is 2.97. The molecule has 2 aromatic carbocycles. The van der Waals surface area contributed by atoms with Crippen LogP contribution in [-0.4, -0.2) is 10.9 Å². The largest absolute Gasteiger partial charge is 0.325 e. The van der Waals surface area contributed by atoms with Gasteiger partial charge in [0, 0.05) is 11.8 Å². The average molecular weight is 286 g/mol. The van der Waals surface area contributed by atoms with Crippen LogP contribution in [0.15, 0.2) is 66.9 Å². The lowest BCUT2D eigenvalue weighted by molar-refractivity contribution is -0.115. The summed E-state index contributed by atoms with van der Waals surface area (Å²) in [5.41, 5.74) is 5.84. The maximum absolute atomic E-state index is 12.3. The molecule has 0 unspecified atom stereocenters. The van der Waals surface area contributed by atoms with Crippen LogP contribution in [0.1, 0.15) is 5.56 Å². The van der Waals surface area contributed by atoms with Gasteiger partial charge in [0.1, 0.15) is 0 Å². The number of benzene rings is 2. The number of nitrogens with one attached hydrogen (secondary N) is 1. The zero-order chi connectivity index (χ0) is 14.9. The summed E-state index contributed by atoms with van der Waals surface area (Å²) in [7, 11) is 0. The van der Waals surface area contributed by atoms with E-state index in [1.54, 1.807) is 0 Å². The highest BCUT2D eigenvalue weighted by atomic mass is 16.1. The lowest BCUT2D eigenvalue weighted by Crippen LogP contribution is -2.13. The normalized spacial score (nSPS) is 12.8. The molecule has 0 aliphatic carbocycles. The van der Waals surface area contributed by atoms with Crippen LogP contribution in [0.5, 0.6) is 0 Å². The zero-order valence-corrected chi connectivity index (χ0v) is 11.9. The fraction of sp³-hybridized carbons (Fsp3) is 0.0526. The molecule has 22 heavy (non-hydrogen) atoms. The Morgan fingerprint density at radius 2 is 1.64 bits per heavy atom. The van der Waals surface area contributed by atoms with Gasteiger partial charge in [-0.3, -0.25) is 9.78 Å². The predicted octanol–water partition coefficient (Wildman–Crippen LogP) is 3.91. The molecular formula is C19H14N2O. The van der Waals surface area contributed by atoms with Crippen molar-refractivity contribution < 1.29 is 4.79 Å². The number of para-hydroxylation sites is 1. The van der Waals surface area contributed by atoms with E-state index < -0.39 is 0 Å². The average Bonchev–Trinajstić information content (AvgIpc) is 2.71. The Bertz CT molecular complexity index is 856. The van der Waals surface area contributed by atoms with E-state index in [0.717, 1.165) is 33.6 Å². The topological polar surface area (TPSA) is 42.0 Å². The van der Waals surface area contributed by atoms with Crippen molar-refractivity contribution >= 4 is 11.6 Å². The summed E-state index contributed by atoms with van der Waals surface area (Å²) in [6, 6.07) is 19.9. The molecule has 0 atom stereocenters. The third-order valence-electron chi connectivity index (χ3n) is 3.93. The van der Waals surface area contributed by atoms with Gasteiger partial charge in [0.25, 0.3) is 0 Å². The number of hydrogen-bond acceptors (Lipinski definition) is 2. The van der Waals surface area contributed by atoms with Crippen LogP contribution < -0.4 is 5.32 Å². The van der Waals surface area contributed by atoms with E-state index in [9.17, 15) is 4.79 Å². The number of nitrogens with zero attached hydrogens (tertiary/aromatic N) is 1. The first-order chi connectivity index (χ1) is 10.8. The van der Waals surface area contributed by atoms with Gasteiger partial charge in [0.05, 0.1) is 17.8 Å². The van der Waals surface area contributed by atoms with E-state index in [-0.39, 0.29) is 5.91 Å². The summed E-state index contributed by atoms with van der Waals surface area (Å²) in [5.74, 6) is -0.00335. The maximum atomic E-state index is 12.3. The molecule has 3 nitrogen and oxygen atoms in total. The number of aromatic nitrogens is 1. The molecule has 0 fully saturated rings. The Morgan fingerprint density at radius 3 is 2.50 bits per heavy atom. The van der Waals surface area contributed by atoms with Crippen LogP contribution in [0.25, 0.3) is 22.4 Å². The lowest BCUT2D eigenvalue weighted by Gasteiger charge is -2.12. The Kier molecular flexibility index (Phi) is 2.97. The minimum absolute atomic E-state index is 0.00335. The second-order valence-corrected chi connectivity index (χ2v) is 5.32. The lowest BCUT2D eigenvalue weighted by atomic mass is 9.94. The van der Waals surface area contributed by atoms with Crippen molar-refractivity contribution in [3.05, 3.63) is 72.4 Å². The number of pyridine rings is 1. The monoisotopic (exact) mass is 286 g/mol. The summed E-state index contributed by atoms with van der Waals surface area (Å²) < 4.78 is 0. The van der Waals surface area contributed by atoms with Gasteiger partial charge in [-0.05, 0) is 28.8 Å². The molecular weight excluding hydrogens is 272 g/mol. The second-order valence-electron chi connectivity index (χ2n) is 5.32. The van der Waals surface area contributed by atoms with Crippen LogP contribution in [0, 0.1) is 0 Å². The van der Waals surface area contributed by atoms with Crippen molar-refractivity contribution in [2.24, 2.45) is 0 Å². The third-order valence-corrected chi connectivity index (χ3v) is 3.93. The molecule has 2 heterocycles. The summed E-state index contributed by atoms with van der Waals surface area (Å²) >= 11 is 0. The summed E-state index contributed by atoms with van der Waals surface area (Å²) in [4.78, 5) is 16.8. The molecule has 4 rings (SSSR count). The first kappa shape index (κ1) is 12.8. The minimum atomic E-state index is -0.00335. The molecule has 3 aromatic rings. The van der Waals surface area contributed by atoms with Crippen molar-refractivity contribution in [3.8, 4) is 22.4 Å². The summed E-state index contributed by atoms with van der Waals surface area (Å²) in [6.07, 6.45) is 2.15. The van der Waals surface area contributed by atoms with Crippen LogP contribution in [0.2, 0.25) is 0 Å². The van der Waals surface area contributed by atoms with E-state index >= 15 is 0 Å². The maximum Gasteiger partial charge on any atom is 0.228 e. The van der Waals surface area contributed by atoms with Crippen molar-refractivity contribution in [3.63, 3.8) is 0 Å². The summed E-state index contributed by atoms with van der Waals surface area (Å²) in [6.45, 7) is 0. The van der Waals surface area contributed by atoms with Crippen LogP contribution in [0.4, 0.5) is 5.69 Å². The number of fused-ring (bicyclic) bond motifs is 3. The molecule has 1 aromatic heterocycles. The minimum Gasteiger partial charge on any atom is -0.325 e. The van der Waals surface area contributed by atoms with E-state index in [1.807, 2.05) is 54.7 Å². The first-order valence-electron chi connectivity index (χ1n) is 7.25. The molecule has 0 radical (unpaired) electrons. The molecule has 1 amide bonds. The molecule has 3 heteroatoms. The standard InChI is InChI=1S/C19H14N2O/c22-18-12-16-14(13-6-2-1-3-7-13)10-11-20-19(16)15-8-4-5-9-17(15)21-18/h1-11H,12H2,(H,21,22). The van der Waals surface area contributed by atoms with Crippen molar-refractivity contribution in [1.29, 1.82) is 0 Å². The van der Waals surface area contributed by atoms with Gasteiger partial charge in [-0.2, -0.15) is 0 Å². The van der Waals surface area contributed by atoms with Gasteiger partial charge >= 0.3 is 0 Å². The number of anilines is 1. The Labute approximate surface area is 128 Å². The van der Waals surface area contributed by atoms with E-state index in [0.29, 0.717) is 6.42 Å². The van der Waals surface area contributed by atoms with Gasteiger partial charge in [-0.15, -0.1) is 0 Å². The quantitative estimate of drug-likeness (QED) is 0.737. The van der Waals surface area contributed by atoms with Gasteiger partial charge in [0.15, 0.2) is 0 Å². The number of hydrogen-bond donors (Lipinski definition) is 1. The van der Waals surface area contributed by atoms with Crippen molar-refractivity contribution in [2.75, 3.05) is 5.32 Å². The second kappa shape index (κ2) is 5.11. The number of amides is 1. The van der Waals surface area contributed by atoms with Gasteiger partial charge in [0.2, 0.25) is 5.91 Å². The third kappa shape index (κ3) is 2.07. The molecule has 0 spiro atoms. The molecule has 1 aliphatic heterocycles. The van der Waals surface area contributed by atoms with E-state index in [2.05, 4.69) is 22.4 Å². The van der Waals surface area contributed by atoms with Crippen LogP contribution in [-0.2, 0) is 11.2 Å². The molecule has 0 saturated carbocycles. The molecule has 0 bridgehead atoms. The highest BCUT2D eigenvalue weighted by Crippen LogP contribution is 2.36. The van der Waals surface area contributed by atoms with Crippen LogP contribution >= 0.6 is 0 Å². The molecule has 1 aliphatic rings. The highest BCUT2D eigenvalue weighted by Gasteiger charge is 2.22. The number of rotatable bonds is 1. The predicted molar refractivity (Wildman–Crippen MR) is 87.4 cm³/mol. The van der Waals surface area contributed by atoms with Gasteiger partial charge < -0.3 is 5.32 Å². The fourth-order valence-electron chi connectivity index (χ4n) is 2.95. The molecule has 106 valence electrons. The molecule has 1 N–H and O–H groups in total. The number of carbonyl (C=O) groups excluding carboxylic acids is 1. The van der Waals surface area contributed by atoms with E-state index in [1.165, 1.54) is 0 Å². The zero-order valence-electron chi connectivity index (χ0n) is 11.9. The first-order valence-corrected chi connectivity index (χ1v) is 7.25. The Balaban J connectivity index is 2.00. The Morgan fingerprint density at radius 1 is 0.864 bits per heavy atom. The van der Waals surface area contributed by atoms with E-state index in [4.69, 9.17) is 0 Å². The molecule has 0 saturated heterocycles. The fourth-order valence-corrected chi connectivity index (χ4v) is 2.95. The smallest absolute Gasteiger partial charge is 0.228 e. The number of carbonyl (C=O) groups is 1. The SMILES string of the molecule is O=C1Cc2c(-c3ccccc3)ccnc2-c2ccccc2N1.